The fraction of sp³-hybridized carbons (Fsp3) is 0.333. The van der Waals surface area contributed by atoms with E-state index < -0.39 is 0 Å². The molecule has 0 fully saturated rings. The third kappa shape index (κ3) is 4.00. The predicted octanol–water partition coefficient (Wildman–Crippen LogP) is 5.50. The minimum Gasteiger partial charge on any atom is -0.309 e. The van der Waals surface area contributed by atoms with Gasteiger partial charge in [-0.3, -0.25) is 0 Å². The normalized spacial score (nSPS) is 12.7. The van der Waals surface area contributed by atoms with Gasteiger partial charge in [-0.1, -0.05) is 67.4 Å². The van der Waals surface area contributed by atoms with Crippen molar-refractivity contribution in [3.8, 4) is 0 Å². The monoisotopic (exact) mass is 321 g/mol. The SMILES string of the molecule is CNC(c1cccc(CC(C)C)c1)c1c(Cl)cccc1Cl. The molecule has 1 atom stereocenters. The van der Waals surface area contributed by atoms with Crippen LogP contribution >= 0.6 is 23.2 Å². The van der Waals surface area contributed by atoms with Gasteiger partial charge in [-0.15, -0.1) is 0 Å². The summed E-state index contributed by atoms with van der Waals surface area (Å²) in [6, 6.07) is 14.3. The lowest BCUT2D eigenvalue weighted by atomic mass is 9.94. The molecule has 0 aliphatic heterocycles. The van der Waals surface area contributed by atoms with Crippen LogP contribution < -0.4 is 5.32 Å². The van der Waals surface area contributed by atoms with E-state index in [9.17, 15) is 0 Å². The van der Waals surface area contributed by atoms with Gasteiger partial charge in [0.2, 0.25) is 0 Å². The van der Waals surface area contributed by atoms with Gasteiger partial charge in [0.1, 0.15) is 0 Å². The molecule has 0 aliphatic carbocycles. The Morgan fingerprint density at radius 3 is 2.19 bits per heavy atom. The van der Waals surface area contributed by atoms with Crippen LogP contribution in [-0.4, -0.2) is 7.05 Å². The van der Waals surface area contributed by atoms with E-state index in [-0.39, 0.29) is 6.04 Å². The van der Waals surface area contributed by atoms with Gasteiger partial charge in [0, 0.05) is 15.6 Å². The molecule has 0 saturated heterocycles. The van der Waals surface area contributed by atoms with Crippen LogP contribution in [0, 0.1) is 5.92 Å². The molecule has 0 aromatic heterocycles. The van der Waals surface area contributed by atoms with Crippen LogP contribution in [0.3, 0.4) is 0 Å². The number of rotatable bonds is 5. The Morgan fingerprint density at radius 2 is 1.62 bits per heavy atom. The van der Waals surface area contributed by atoms with E-state index in [0.717, 1.165) is 12.0 Å². The number of nitrogens with one attached hydrogen (secondary N) is 1. The molecule has 0 amide bonds. The zero-order chi connectivity index (χ0) is 15.4. The van der Waals surface area contributed by atoms with Crippen molar-refractivity contribution in [3.05, 3.63) is 69.2 Å². The molecule has 0 spiro atoms. The lowest BCUT2D eigenvalue weighted by molar-refractivity contribution is 0.643. The standard InChI is InChI=1S/C18H21Cl2N/c1-12(2)10-13-6-4-7-14(11-13)18(21-3)17-15(19)8-5-9-16(17)20/h4-9,11-12,18,21H,10H2,1-3H3. The Labute approximate surface area is 137 Å². The largest absolute Gasteiger partial charge is 0.309 e. The van der Waals surface area contributed by atoms with Gasteiger partial charge in [0.05, 0.1) is 6.04 Å². The average Bonchev–Trinajstić information content (AvgIpc) is 2.42. The second-order valence-electron chi connectivity index (χ2n) is 5.70. The molecule has 1 nitrogen and oxygen atoms in total. The van der Waals surface area contributed by atoms with Gasteiger partial charge in [0.25, 0.3) is 0 Å². The molecule has 1 unspecified atom stereocenters. The van der Waals surface area contributed by atoms with E-state index >= 15 is 0 Å². The van der Waals surface area contributed by atoms with Crippen LogP contribution in [0.1, 0.15) is 36.6 Å². The summed E-state index contributed by atoms with van der Waals surface area (Å²) in [4.78, 5) is 0. The minimum atomic E-state index is -0.00156. The maximum absolute atomic E-state index is 6.35. The maximum Gasteiger partial charge on any atom is 0.0604 e. The summed E-state index contributed by atoms with van der Waals surface area (Å²) in [7, 11) is 1.93. The first-order valence-electron chi connectivity index (χ1n) is 7.23. The second kappa shape index (κ2) is 7.31. The lowest BCUT2D eigenvalue weighted by Gasteiger charge is -2.21. The molecule has 21 heavy (non-hydrogen) atoms. The molecule has 0 heterocycles. The minimum absolute atomic E-state index is 0.00156. The molecule has 0 bridgehead atoms. The third-order valence-corrected chi connectivity index (χ3v) is 4.16. The molecule has 2 aromatic carbocycles. The van der Waals surface area contributed by atoms with Gasteiger partial charge in [0.15, 0.2) is 0 Å². The van der Waals surface area contributed by atoms with Gasteiger partial charge in [-0.25, -0.2) is 0 Å². The van der Waals surface area contributed by atoms with Crippen molar-refractivity contribution in [2.45, 2.75) is 26.3 Å². The first-order chi connectivity index (χ1) is 10.0. The predicted molar refractivity (Wildman–Crippen MR) is 92.3 cm³/mol. The van der Waals surface area contributed by atoms with Gasteiger partial charge in [-0.2, -0.15) is 0 Å². The van der Waals surface area contributed by atoms with E-state index in [2.05, 4.69) is 43.4 Å². The average molecular weight is 322 g/mol. The number of hydrogen-bond acceptors (Lipinski definition) is 1. The lowest BCUT2D eigenvalue weighted by Crippen LogP contribution is -2.18. The summed E-state index contributed by atoms with van der Waals surface area (Å²) in [6.45, 7) is 4.46. The van der Waals surface area contributed by atoms with Crippen LogP contribution in [0.2, 0.25) is 10.0 Å². The Balaban J connectivity index is 2.42. The van der Waals surface area contributed by atoms with Gasteiger partial charge < -0.3 is 5.32 Å². The number of halogens is 2. The summed E-state index contributed by atoms with van der Waals surface area (Å²) >= 11 is 12.7. The summed E-state index contributed by atoms with van der Waals surface area (Å²) in [5.41, 5.74) is 3.46. The van der Waals surface area contributed by atoms with Crippen LogP contribution in [-0.2, 0) is 6.42 Å². The summed E-state index contributed by atoms with van der Waals surface area (Å²) < 4.78 is 0. The van der Waals surface area contributed by atoms with Crippen LogP contribution in [0.5, 0.6) is 0 Å². The highest BCUT2D eigenvalue weighted by Gasteiger charge is 2.18. The van der Waals surface area contributed by atoms with Crippen LogP contribution in [0.25, 0.3) is 0 Å². The van der Waals surface area contributed by atoms with Crippen molar-refractivity contribution in [1.29, 1.82) is 0 Å². The fourth-order valence-corrected chi connectivity index (χ4v) is 3.25. The third-order valence-electron chi connectivity index (χ3n) is 3.51. The zero-order valence-corrected chi connectivity index (χ0v) is 14.2. The van der Waals surface area contributed by atoms with Gasteiger partial charge >= 0.3 is 0 Å². The highest BCUT2D eigenvalue weighted by Crippen LogP contribution is 2.34. The van der Waals surface area contributed by atoms with Crippen molar-refractivity contribution >= 4 is 23.2 Å². The van der Waals surface area contributed by atoms with Crippen molar-refractivity contribution < 1.29 is 0 Å². The summed E-state index contributed by atoms with van der Waals surface area (Å²) in [5.74, 6) is 0.636. The topological polar surface area (TPSA) is 12.0 Å². The van der Waals surface area contributed by atoms with Crippen molar-refractivity contribution in [3.63, 3.8) is 0 Å². The summed E-state index contributed by atoms with van der Waals surface area (Å²) in [6.07, 6.45) is 1.07. The second-order valence-corrected chi connectivity index (χ2v) is 6.51. The smallest absolute Gasteiger partial charge is 0.0604 e. The zero-order valence-electron chi connectivity index (χ0n) is 12.7. The molecular formula is C18H21Cl2N. The van der Waals surface area contributed by atoms with E-state index in [1.807, 2.05) is 25.2 Å². The first-order valence-corrected chi connectivity index (χ1v) is 7.98. The molecular weight excluding hydrogens is 301 g/mol. The van der Waals surface area contributed by atoms with Crippen molar-refractivity contribution in [2.75, 3.05) is 7.05 Å². The molecule has 1 N–H and O–H groups in total. The van der Waals surface area contributed by atoms with Gasteiger partial charge in [-0.05, 0) is 42.6 Å². The number of hydrogen-bond donors (Lipinski definition) is 1. The maximum atomic E-state index is 6.35. The van der Waals surface area contributed by atoms with Crippen LogP contribution in [0.4, 0.5) is 0 Å². The Morgan fingerprint density at radius 1 is 1.00 bits per heavy atom. The highest BCUT2D eigenvalue weighted by molar-refractivity contribution is 6.36. The Bertz CT molecular complexity index is 588. The molecule has 0 radical (unpaired) electrons. The molecule has 0 aliphatic rings. The molecule has 3 heteroatoms. The Kier molecular flexibility index (Phi) is 5.69. The molecule has 2 aromatic rings. The fourth-order valence-electron chi connectivity index (χ4n) is 2.64. The van der Waals surface area contributed by atoms with E-state index in [1.165, 1.54) is 11.1 Å². The van der Waals surface area contributed by atoms with E-state index in [0.29, 0.717) is 16.0 Å². The van der Waals surface area contributed by atoms with Crippen LogP contribution in [0.15, 0.2) is 42.5 Å². The van der Waals surface area contributed by atoms with Crippen molar-refractivity contribution in [2.24, 2.45) is 5.92 Å². The Hall–Kier alpha value is -1.02. The number of benzene rings is 2. The van der Waals surface area contributed by atoms with E-state index in [1.54, 1.807) is 0 Å². The highest BCUT2D eigenvalue weighted by atomic mass is 35.5. The molecule has 2 rings (SSSR count). The first kappa shape index (κ1) is 16.4. The molecule has 0 saturated carbocycles. The van der Waals surface area contributed by atoms with E-state index in [4.69, 9.17) is 23.2 Å². The quantitative estimate of drug-likeness (QED) is 0.766. The summed E-state index contributed by atoms with van der Waals surface area (Å²) in [5, 5.41) is 4.71. The van der Waals surface area contributed by atoms with Crippen molar-refractivity contribution in [1.82, 2.24) is 5.32 Å². The molecule has 112 valence electrons.